The Morgan fingerprint density at radius 2 is 1.95 bits per heavy atom. The highest BCUT2D eigenvalue weighted by Crippen LogP contribution is 2.14. The third kappa shape index (κ3) is 3.44. The molecule has 0 aliphatic carbocycles. The molecule has 0 aromatic heterocycles. The second-order valence-electron chi connectivity index (χ2n) is 5.04. The standard InChI is InChI=1S/C16H22N2O/c1-3-9-18(12-14-7-5-4-6-8-14)16(19)13(2)15-10-17-11-15/h4-8,17H,3,9-12H2,1-2H3. The van der Waals surface area contributed by atoms with Gasteiger partial charge in [-0.1, -0.05) is 37.3 Å². The number of hydrogen-bond donors (Lipinski definition) is 1. The lowest BCUT2D eigenvalue weighted by atomic mass is 10.0. The van der Waals surface area contributed by atoms with Crippen molar-refractivity contribution in [2.45, 2.75) is 26.8 Å². The molecule has 1 saturated heterocycles. The molecule has 0 bridgehead atoms. The fraction of sp³-hybridized carbons (Fsp3) is 0.438. The molecule has 0 spiro atoms. The van der Waals surface area contributed by atoms with Crippen LogP contribution in [0.1, 0.15) is 25.8 Å². The minimum absolute atomic E-state index is 0.183. The van der Waals surface area contributed by atoms with E-state index in [-0.39, 0.29) is 5.91 Å². The zero-order valence-electron chi connectivity index (χ0n) is 11.8. The first kappa shape index (κ1) is 13.8. The van der Waals surface area contributed by atoms with Gasteiger partial charge in [-0.05, 0) is 24.5 Å². The van der Waals surface area contributed by atoms with Gasteiger partial charge in [0.1, 0.15) is 0 Å². The van der Waals surface area contributed by atoms with Crippen LogP contribution in [0.5, 0.6) is 0 Å². The first-order valence-corrected chi connectivity index (χ1v) is 6.95. The fourth-order valence-corrected chi connectivity index (χ4v) is 2.23. The second-order valence-corrected chi connectivity index (χ2v) is 5.04. The van der Waals surface area contributed by atoms with Gasteiger partial charge in [0, 0.05) is 31.8 Å². The average Bonchev–Trinajstić information content (AvgIpc) is 2.36. The molecule has 1 amide bonds. The molecule has 0 radical (unpaired) electrons. The van der Waals surface area contributed by atoms with Gasteiger partial charge < -0.3 is 10.2 Å². The van der Waals surface area contributed by atoms with Gasteiger partial charge in [-0.3, -0.25) is 4.79 Å². The molecule has 1 N–H and O–H groups in total. The van der Waals surface area contributed by atoms with Gasteiger partial charge in [-0.2, -0.15) is 0 Å². The molecular formula is C16H22N2O. The van der Waals surface area contributed by atoms with E-state index in [1.165, 1.54) is 11.1 Å². The molecule has 102 valence electrons. The van der Waals surface area contributed by atoms with E-state index in [0.717, 1.165) is 31.6 Å². The molecular weight excluding hydrogens is 236 g/mol. The summed E-state index contributed by atoms with van der Waals surface area (Å²) in [5.41, 5.74) is 3.36. The number of nitrogens with one attached hydrogen (secondary N) is 1. The minimum atomic E-state index is 0.183. The van der Waals surface area contributed by atoms with Gasteiger partial charge in [0.2, 0.25) is 5.91 Å². The molecule has 0 saturated carbocycles. The van der Waals surface area contributed by atoms with E-state index in [0.29, 0.717) is 6.54 Å². The van der Waals surface area contributed by atoms with Crippen LogP contribution in [-0.2, 0) is 11.3 Å². The summed E-state index contributed by atoms with van der Waals surface area (Å²) in [6.07, 6.45) is 0.986. The average molecular weight is 258 g/mol. The predicted octanol–water partition coefficient (Wildman–Crippen LogP) is 2.34. The fourth-order valence-electron chi connectivity index (χ4n) is 2.23. The summed E-state index contributed by atoms with van der Waals surface area (Å²) in [5, 5.41) is 3.19. The van der Waals surface area contributed by atoms with Crippen molar-refractivity contribution in [3.05, 3.63) is 47.0 Å². The smallest absolute Gasteiger partial charge is 0.249 e. The lowest BCUT2D eigenvalue weighted by Gasteiger charge is -2.27. The number of carbonyl (C=O) groups is 1. The molecule has 3 heteroatoms. The number of nitrogens with zero attached hydrogens (tertiary/aromatic N) is 1. The lowest BCUT2D eigenvalue weighted by molar-refractivity contribution is -0.127. The Hall–Kier alpha value is -1.61. The maximum Gasteiger partial charge on any atom is 0.249 e. The highest BCUT2D eigenvalue weighted by atomic mass is 16.2. The third-order valence-corrected chi connectivity index (χ3v) is 3.52. The van der Waals surface area contributed by atoms with E-state index >= 15 is 0 Å². The molecule has 2 rings (SSSR count). The van der Waals surface area contributed by atoms with Gasteiger partial charge in [0.25, 0.3) is 0 Å². The van der Waals surface area contributed by atoms with Crippen LogP contribution in [0.2, 0.25) is 0 Å². The SMILES string of the molecule is CCCN(Cc1ccccc1)C(=O)C(C)=C1CNC1. The number of amides is 1. The minimum Gasteiger partial charge on any atom is -0.335 e. The summed E-state index contributed by atoms with van der Waals surface area (Å²) in [4.78, 5) is 14.5. The molecule has 1 aromatic rings. The summed E-state index contributed by atoms with van der Waals surface area (Å²) in [7, 11) is 0. The van der Waals surface area contributed by atoms with Crippen LogP contribution < -0.4 is 5.32 Å². The Bertz CT molecular complexity index is 459. The summed E-state index contributed by atoms with van der Waals surface area (Å²) in [5.74, 6) is 0.183. The van der Waals surface area contributed by atoms with Crippen LogP contribution in [0.15, 0.2) is 41.5 Å². The van der Waals surface area contributed by atoms with Crippen molar-refractivity contribution in [2.75, 3.05) is 19.6 Å². The van der Waals surface area contributed by atoms with Crippen molar-refractivity contribution in [1.82, 2.24) is 10.2 Å². The Balaban J connectivity index is 2.09. The second kappa shape index (κ2) is 6.53. The molecule has 1 aliphatic heterocycles. The van der Waals surface area contributed by atoms with Crippen LogP contribution in [0.4, 0.5) is 0 Å². The summed E-state index contributed by atoms with van der Waals surface area (Å²) in [6, 6.07) is 10.2. The molecule has 3 nitrogen and oxygen atoms in total. The maximum absolute atomic E-state index is 12.5. The molecule has 1 heterocycles. The first-order chi connectivity index (χ1) is 9.22. The zero-order valence-corrected chi connectivity index (χ0v) is 11.8. The van der Waals surface area contributed by atoms with Gasteiger partial charge in [0.05, 0.1) is 0 Å². The molecule has 0 atom stereocenters. The number of rotatable bonds is 5. The van der Waals surface area contributed by atoms with Crippen LogP contribution >= 0.6 is 0 Å². The number of carbonyl (C=O) groups excluding carboxylic acids is 1. The van der Waals surface area contributed by atoms with Gasteiger partial charge in [-0.15, -0.1) is 0 Å². The van der Waals surface area contributed by atoms with Crippen molar-refractivity contribution in [3.63, 3.8) is 0 Å². The highest BCUT2D eigenvalue weighted by Gasteiger charge is 2.20. The largest absolute Gasteiger partial charge is 0.335 e. The maximum atomic E-state index is 12.5. The van der Waals surface area contributed by atoms with Crippen molar-refractivity contribution in [1.29, 1.82) is 0 Å². The summed E-state index contributed by atoms with van der Waals surface area (Å²) >= 11 is 0. The van der Waals surface area contributed by atoms with E-state index in [1.807, 2.05) is 30.0 Å². The van der Waals surface area contributed by atoms with Crippen molar-refractivity contribution in [2.24, 2.45) is 0 Å². The van der Waals surface area contributed by atoms with E-state index in [1.54, 1.807) is 0 Å². The van der Waals surface area contributed by atoms with Crippen LogP contribution in [0, 0.1) is 0 Å². The third-order valence-electron chi connectivity index (χ3n) is 3.52. The topological polar surface area (TPSA) is 32.3 Å². The first-order valence-electron chi connectivity index (χ1n) is 6.95. The van der Waals surface area contributed by atoms with Crippen molar-refractivity contribution in [3.8, 4) is 0 Å². The van der Waals surface area contributed by atoms with Crippen LogP contribution in [-0.4, -0.2) is 30.4 Å². The molecule has 1 aliphatic rings. The Morgan fingerprint density at radius 3 is 2.47 bits per heavy atom. The Morgan fingerprint density at radius 1 is 1.26 bits per heavy atom. The van der Waals surface area contributed by atoms with Crippen LogP contribution in [0.25, 0.3) is 0 Å². The highest BCUT2D eigenvalue weighted by molar-refractivity contribution is 5.94. The molecule has 19 heavy (non-hydrogen) atoms. The van der Waals surface area contributed by atoms with Crippen molar-refractivity contribution < 1.29 is 4.79 Å². The molecule has 0 unspecified atom stereocenters. The van der Waals surface area contributed by atoms with Crippen molar-refractivity contribution >= 4 is 5.91 Å². The number of benzene rings is 1. The van der Waals surface area contributed by atoms with E-state index in [2.05, 4.69) is 24.4 Å². The monoisotopic (exact) mass is 258 g/mol. The predicted molar refractivity (Wildman–Crippen MR) is 77.7 cm³/mol. The molecule has 1 aromatic carbocycles. The van der Waals surface area contributed by atoms with E-state index in [9.17, 15) is 4.79 Å². The van der Waals surface area contributed by atoms with Crippen LogP contribution in [0.3, 0.4) is 0 Å². The number of hydrogen-bond acceptors (Lipinski definition) is 2. The zero-order chi connectivity index (χ0) is 13.7. The van der Waals surface area contributed by atoms with Gasteiger partial charge in [-0.25, -0.2) is 0 Å². The Kier molecular flexibility index (Phi) is 4.74. The molecule has 1 fully saturated rings. The van der Waals surface area contributed by atoms with E-state index in [4.69, 9.17) is 0 Å². The summed E-state index contributed by atoms with van der Waals surface area (Å²) < 4.78 is 0. The van der Waals surface area contributed by atoms with Gasteiger partial charge in [0.15, 0.2) is 0 Å². The van der Waals surface area contributed by atoms with E-state index < -0.39 is 0 Å². The van der Waals surface area contributed by atoms with Gasteiger partial charge >= 0.3 is 0 Å². The normalized spacial score (nSPS) is 13.9. The summed E-state index contributed by atoms with van der Waals surface area (Å²) in [6.45, 7) is 7.30. The Labute approximate surface area is 115 Å². The quantitative estimate of drug-likeness (QED) is 0.822. The lowest BCUT2D eigenvalue weighted by Crippen LogP contribution is -2.39.